The fourth-order valence-electron chi connectivity index (χ4n) is 4.01. The van der Waals surface area contributed by atoms with Crippen molar-refractivity contribution in [3.05, 3.63) is 0 Å². The fourth-order valence-corrected chi connectivity index (χ4v) is 4.01. The van der Waals surface area contributed by atoms with Gasteiger partial charge in [-0.1, -0.05) is 39.5 Å². The van der Waals surface area contributed by atoms with Crippen LogP contribution >= 0.6 is 0 Å². The highest BCUT2D eigenvalue weighted by atomic mass is 16.5. The van der Waals surface area contributed by atoms with Crippen molar-refractivity contribution in [1.82, 2.24) is 4.90 Å². The molecule has 0 amide bonds. The summed E-state index contributed by atoms with van der Waals surface area (Å²) in [7, 11) is 0. The zero-order valence-corrected chi connectivity index (χ0v) is 12.8. The predicted octanol–water partition coefficient (Wildman–Crippen LogP) is 2.64. The molecule has 0 spiro atoms. The van der Waals surface area contributed by atoms with Crippen molar-refractivity contribution in [1.29, 1.82) is 0 Å². The number of ether oxygens (including phenoxy) is 1. The van der Waals surface area contributed by atoms with Gasteiger partial charge in [0.1, 0.15) is 0 Å². The smallest absolute Gasteiger partial charge is 0.0855 e. The summed E-state index contributed by atoms with van der Waals surface area (Å²) in [6, 6.07) is 0.241. The molecule has 2 aliphatic rings. The topological polar surface area (TPSA) is 38.5 Å². The van der Waals surface area contributed by atoms with Gasteiger partial charge >= 0.3 is 0 Å². The molecule has 1 heterocycles. The summed E-state index contributed by atoms with van der Waals surface area (Å²) in [6.45, 7) is 8.75. The maximum atomic E-state index is 6.60. The largest absolute Gasteiger partial charge is 0.374 e. The van der Waals surface area contributed by atoms with Crippen LogP contribution in [-0.2, 0) is 4.74 Å². The first-order valence-electron chi connectivity index (χ1n) is 8.35. The lowest BCUT2D eigenvalue weighted by Gasteiger charge is -2.42. The van der Waals surface area contributed by atoms with E-state index in [1.165, 1.54) is 45.1 Å². The van der Waals surface area contributed by atoms with E-state index in [9.17, 15) is 0 Å². The van der Waals surface area contributed by atoms with Crippen LogP contribution in [-0.4, -0.2) is 43.3 Å². The molecule has 1 saturated carbocycles. The third-order valence-electron chi connectivity index (χ3n) is 5.13. The van der Waals surface area contributed by atoms with E-state index in [0.717, 1.165) is 25.6 Å². The Morgan fingerprint density at radius 3 is 2.79 bits per heavy atom. The summed E-state index contributed by atoms with van der Waals surface area (Å²) in [5, 5.41) is 0. The molecule has 4 atom stereocenters. The van der Waals surface area contributed by atoms with E-state index in [1.54, 1.807) is 0 Å². The summed E-state index contributed by atoms with van der Waals surface area (Å²) < 4.78 is 6.00. The second-order valence-corrected chi connectivity index (χ2v) is 6.40. The molecule has 1 aliphatic carbocycles. The Morgan fingerprint density at radius 2 is 2.05 bits per heavy atom. The van der Waals surface area contributed by atoms with Gasteiger partial charge in [-0.05, 0) is 31.2 Å². The van der Waals surface area contributed by atoms with Crippen molar-refractivity contribution in [2.75, 3.05) is 26.2 Å². The van der Waals surface area contributed by atoms with Crippen LogP contribution in [0.1, 0.15) is 52.4 Å². The summed E-state index contributed by atoms with van der Waals surface area (Å²) in [4.78, 5) is 2.53. The maximum absolute atomic E-state index is 6.60. The van der Waals surface area contributed by atoms with E-state index in [0.29, 0.717) is 5.92 Å². The van der Waals surface area contributed by atoms with Crippen LogP contribution < -0.4 is 5.73 Å². The Labute approximate surface area is 118 Å². The molecule has 0 radical (unpaired) electrons. The van der Waals surface area contributed by atoms with Gasteiger partial charge in [-0.3, -0.25) is 4.90 Å². The second-order valence-electron chi connectivity index (χ2n) is 6.40. The van der Waals surface area contributed by atoms with Crippen LogP contribution in [0.5, 0.6) is 0 Å². The molecule has 2 N–H and O–H groups in total. The highest BCUT2D eigenvalue weighted by Crippen LogP contribution is 2.35. The molecule has 2 fully saturated rings. The van der Waals surface area contributed by atoms with Crippen molar-refractivity contribution in [3.63, 3.8) is 0 Å². The zero-order chi connectivity index (χ0) is 13.7. The van der Waals surface area contributed by atoms with Crippen molar-refractivity contribution in [2.24, 2.45) is 17.6 Å². The number of rotatable bonds is 5. The Balaban J connectivity index is 1.91. The van der Waals surface area contributed by atoms with Crippen LogP contribution in [0.25, 0.3) is 0 Å². The lowest BCUT2D eigenvalue weighted by Crippen LogP contribution is -2.54. The molecular formula is C16H32N2O. The second kappa shape index (κ2) is 7.61. The van der Waals surface area contributed by atoms with Gasteiger partial charge in [0.05, 0.1) is 12.7 Å². The third kappa shape index (κ3) is 3.93. The lowest BCUT2D eigenvalue weighted by molar-refractivity contribution is -0.0572. The van der Waals surface area contributed by atoms with Crippen molar-refractivity contribution < 1.29 is 4.74 Å². The van der Waals surface area contributed by atoms with Gasteiger partial charge in [0.2, 0.25) is 0 Å². The summed E-state index contributed by atoms with van der Waals surface area (Å²) >= 11 is 0. The van der Waals surface area contributed by atoms with E-state index < -0.39 is 0 Å². The minimum absolute atomic E-state index is 0.241. The highest BCUT2D eigenvalue weighted by molar-refractivity contribution is 4.90. The van der Waals surface area contributed by atoms with E-state index >= 15 is 0 Å². The van der Waals surface area contributed by atoms with Gasteiger partial charge in [-0.2, -0.15) is 0 Å². The maximum Gasteiger partial charge on any atom is 0.0855 e. The van der Waals surface area contributed by atoms with E-state index in [-0.39, 0.29) is 12.1 Å². The van der Waals surface area contributed by atoms with Gasteiger partial charge in [-0.15, -0.1) is 0 Å². The first-order chi connectivity index (χ1) is 9.26. The normalized spacial score (nSPS) is 35.2. The Bertz CT molecular complexity index is 257. The fraction of sp³-hybridized carbons (Fsp3) is 1.00. The molecule has 2 rings (SSSR count). The standard InChI is InChI=1S/C16H32N2O/c1-3-9-18-10-11-19-15(12-18)16(17)14-8-6-5-7-13(14)4-2/h13-16H,3-12,17H2,1-2H3. The number of hydrogen-bond acceptors (Lipinski definition) is 3. The molecule has 3 heteroatoms. The average Bonchev–Trinajstić information content (AvgIpc) is 2.47. The SMILES string of the molecule is CCCN1CCOC(C(N)C2CCCCC2CC)C1. The predicted molar refractivity (Wildman–Crippen MR) is 80.2 cm³/mol. The van der Waals surface area contributed by atoms with Crippen LogP contribution in [0.15, 0.2) is 0 Å². The molecule has 1 aliphatic heterocycles. The van der Waals surface area contributed by atoms with Crippen molar-refractivity contribution in [3.8, 4) is 0 Å². The Kier molecular flexibility index (Phi) is 6.11. The summed E-state index contributed by atoms with van der Waals surface area (Å²) in [5.74, 6) is 1.51. The number of nitrogens with zero attached hydrogens (tertiary/aromatic N) is 1. The van der Waals surface area contributed by atoms with E-state index in [4.69, 9.17) is 10.5 Å². The van der Waals surface area contributed by atoms with E-state index in [2.05, 4.69) is 18.7 Å². The quantitative estimate of drug-likeness (QED) is 0.833. The molecule has 0 bridgehead atoms. The first kappa shape index (κ1) is 15.3. The van der Waals surface area contributed by atoms with Crippen LogP contribution in [0, 0.1) is 11.8 Å². The van der Waals surface area contributed by atoms with Gasteiger partial charge < -0.3 is 10.5 Å². The molecule has 3 nitrogen and oxygen atoms in total. The summed E-state index contributed by atoms with van der Waals surface area (Å²) in [6.07, 6.45) is 8.22. The molecular weight excluding hydrogens is 236 g/mol. The van der Waals surface area contributed by atoms with Crippen LogP contribution in [0.3, 0.4) is 0 Å². The Morgan fingerprint density at radius 1 is 1.26 bits per heavy atom. The van der Waals surface area contributed by atoms with Gasteiger partial charge in [0.15, 0.2) is 0 Å². The molecule has 4 unspecified atom stereocenters. The zero-order valence-electron chi connectivity index (χ0n) is 12.8. The molecule has 0 aromatic heterocycles. The molecule has 0 aromatic rings. The number of hydrogen-bond donors (Lipinski definition) is 1. The number of nitrogens with two attached hydrogens (primary N) is 1. The third-order valence-corrected chi connectivity index (χ3v) is 5.13. The van der Waals surface area contributed by atoms with E-state index in [1.807, 2.05) is 0 Å². The summed E-state index contributed by atoms with van der Waals surface area (Å²) in [5.41, 5.74) is 6.60. The minimum atomic E-state index is 0.241. The van der Waals surface area contributed by atoms with Crippen molar-refractivity contribution in [2.45, 2.75) is 64.5 Å². The highest BCUT2D eigenvalue weighted by Gasteiger charge is 2.35. The first-order valence-corrected chi connectivity index (χ1v) is 8.35. The molecule has 0 aromatic carbocycles. The van der Waals surface area contributed by atoms with Gasteiger partial charge in [0, 0.05) is 19.1 Å². The Hall–Kier alpha value is -0.120. The molecule has 19 heavy (non-hydrogen) atoms. The van der Waals surface area contributed by atoms with Crippen LogP contribution in [0.2, 0.25) is 0 Å². The monoisotopic (exact) mass is 268 g/mol. The average molecular weight is 268 g/mol. The molecule has 112 valence electrons. The molecule has 1 saturated heterocycles. The number of morpholine rings is 1. The van der Waals surface area contributed by atoms with Crippen molar-refractivity contribution >= 4 is 0 Å². The lowest BCUT2D eigenvalue weighted by atomic mass is 9.73. The van der Waals surface area contributed by atoms with Gasteiger partial charge in [0.25, 0.3) is 0 Å². The minimum Gasteiger partial charge on any atom is -0.374 e. The van der Waals surface area contributed by atoms with Gasteiger partial charge in [-0.25, -0.2) is 0 Å². The van der Waals surface area contributed by atoms with Crippen LogP contribution in [0.4, 0.5) is 0 Å².